The lowest BCUT2D eigenvalue weighted by atomic mass is 9.97. The van der Waals surface area contributed by atoms with E-state index in [1.165, 1.54) is 12.1 Å². The van der Waals surface area contributed by atoms with Gasteiger partial charge in [0.25, 0.3) is 5.69 Å². The van der Waals surface area contributed by atoms with Gasteiger partial charge in [-0.1, -0.05) is 26.0 Å². The van der Waals surface area contributed by atoms with Crippen molar-refractivity contribution in [3.63, 3.8) is 0 Å². The molecule has 28 heavy (non-hydrogen) atoms. The molecule has 3 rings (SSSR count). The zero-order valence-corrected chi connectivity index (χ0v) is 16.7. The van der Waals surface area contributed by atoms with Gasteiger partial charge < -0.3 is 9.47 Å². The largest absolute Gasteiger partial charge is 0.486 e. The molecule has 1 heterocycles. The van der Waals surface area contributed by atoms with Gasteiger partial charge in [-0.3, -0.25) is 10.1 Å². The van der Waals surface area contributed by atoms with E-state index in [0.29, 0.717) is 30.3 Å². The Morgan fingerprint density at radius 3 is 2.39 bits per heavy atom. The molecular formula is C19H22N2O6S. The second-order valence-corrected chi connectivity index (χ2v) is 8.67. The van der Waals surface area contributed by atoms with Crippen LogP contribution in [0.4, 0.5) is 5.69 Å². The fourth-order valence-corrected chi connectivity index (χ4v) is 4.42. The highest BCUT2D eigenvalue weighted by atomic mass is 32.2. The highest BCUT2D eigenvalue weighted by Gasteiger charge is 2.27. The van der Waals surface area contributed by atoms with Crippen LogP contribution >= 0.6 is 0 Å². The third-order valence-corrected chi connectivity index (χ3v) is 6.00. The zero-order chi connectivity index (χ0) is 20.5. The Hall–Kier alpha value is -2.65. The van der Waals surface area contributed by atoms with Crippen LogP contribution in [0.3, 0.4) is 0 Å². The van der Waals surface area contributed by atoms with Crippen molar-refractivity contribution in [2.75, 3.05) is 13.2 Å². The molecule has 2 aromatic rings. The maximum Gasteiger partial charge on any atom is 0.273 e. The standard InChI is InChI=1S/C19H22N2O6S/c1-12(2)19(14-5-7-17-18(10-14)27-9-8-26-17)20-28(24,25)15-6-4-13(3)16(11-15)21(22)23/h4-7,10-12,19-20H,8-9H2,1-3H3/t19-/m0/s1. The van der Waals surface area contributed by atoms with Gasteiger partial charge in [-0.05, 0) is 36.6 Å². The quantitative estimate of drug-likeness (QED) is 0.582. The summed E-state index contributed by atoms with van der Waals surface area (Å²) in [7, 11) is -3.97. The lowest BCUT2D eigenvalue weighted by molar-refractivity contribution is -0.385. The number of hydrogen-bond acceptors (Lipinski definition) is 6. The van der Waals surface area contributed by atoms with E-state index in [1.807, 2.05) is 13.8 Å². The molecular weight excluding hydrogens is 384 g/mol. The first-order valence-corrected chi connectivity index (χ1v) is 10.3. The van der Waals surface area contributed by atoms with Crippen molar-refractivity contribution >= 4 is 15.7 Å². The lowest BCUT2D eigenvalue weighted by Gasteiger charge is -2.25. The molecule has 0 aliphatic carbocycles. The summed E-state index contributed by atoms with van der Waals surface area (Å²) in [6, 6.07) is 8.65. The molecule has 1 aliphatic heterocycles. The molecule has 150 valence electrons. The molecule has 0 saturated carbocycles. The summed E-state index contributed by atoms with van der Waals surface area (Å²) >= 11 is 0. The van der Waals surface area contributed by atoms with E-state index in [0.717, 1.165) is 11.6 Å². The number of aryl methyl sites for hydroxylation is 1. The summed E-state index contributed by atoms with van der Waals surface area (Å²) in [5.41, 5.74) is 0.893. The minimum atomic E-state index is -3.97. The second kappa shape index (κ2) is 7.76. The van der Waals surface area contributed by atoms with Crippen LogP contribution in [-0.2, 0) is 10.0 Å². The molecule has 0 saturated heterocycles. The van der Waals surface area contributed by atoms with Gasteiger partial charge in [0, 0.05) is 17.7 Å². The maximum absolute atomic E-state index is 12.9. The Bertz CT molecular complexity index is 1000. The molecule has 0 radical (unpaired) electrons. The Morgan fingerprint density at radius 1 is 1.07 bits per heavy atom. The molecule has 8 nitrogen and oxygen atoms in total. The smallest absolute Gasteiger partial charge is 0.273 e. The average Bonchev–Trinajstić information content (AvgIpc) is 2.65. The lowest BCUT2D eigenvalue weighted by Crippen LogP contribution is -2.32. The SMILES string of the molecule is Cc1ccc(S(=O)(=O)N[C@H](c2ccc3c(c2)OCCO3)C(C)C)cc1[N+](=O)[O-]. The van der Waals surface area contributed by atoms with Gasteiger partial charge >= 0.3 is 0 Å². The summed E-state index contributed by atoms with van der Waals surface area (Å²) < 4.78 is 39.6. The van der Waals surface area contributed by atoms with E-state index >= 15 is 0 Å². The molecule has 1 aliphatic rings. The maximum atomic E-state index is 12.9. The van der Waals surface area contributed by atoms with E-state index in [4.69, 9.17) is 9.47 Å². The van der Waals surface area contributed by atoms with Crippen molar-refractivity contribution in [2.45, 2.75) is 31.7 Å². The molecule has 9 heteroatoms. The van der Waals surface area contributed by atoms with Crippen molar-refractivity contribution in [2.24, 2.45) is 5.92 Å². The number of nitrogens with zero attached hydrogens (tertiary/aromatic N) is 1. The summed E-state index contributed by atoms with van der Waals surface area (Å²) in [4.78, 5) is 10.4. The number of fused-ring (bicyclic) bond motifs is 1. The first-order chi connectivity index (χ1) is 13.2. The highest BCUT2D eigenvalue weighted by molar-refractivity contribution is 7.89. The van der Waals surface area contributed by atoms with Crippen molar-refractivity contribution in [3.05, 3.63) is 57.6 Å². The van der Waals surface area contributed by atoms with Crippen LogP contribution in [-0.4, -0.2) is 26.6 Å². The van der Waals surface area contributed by atoms with Crippen LogP contribution in [0.15, 0.2) is 41.3 Å². The molecule has 0 aromatic heterocycles. The van der Waals surface area contributed by atoms with Crippen LogP contribution in [0.25, 0.3) is 0 Å². The van der Waals surface area contributed by atoms with Gasteiger partial charge in [0.2, 0.25) is 10.0 Å². The van der Waals surface area contributed by atoms with E-state index in [9.17, 15) is 18.5 Å². The predicted molar refractivity (Wildman–Crippen MR) is 103 cm³/mol. The first kappa shape index (κ1) is 20.1. The van der Waals surface area contributed by atoms with Crippen LogP contribution in [0.1, 0.15) is 31.0 Å². The summed E-state index contributed by atoms with van der Waals surface area (Å²) in [5, 5.41) is 11.2. The number of hydrogen-bond donors (Lipinski definition) is 1. The normalized spacial score (nSPS) is 14.7. The number of ether oxygens (including phenoxy) is 2. The van der Waals surface area contributed by atoms with Gasteiger partial charge in [-0.15, -0.1) is 0 Å². The minimum Gasteiger partial charge on any atom is -0.486 e. The number of nitrogens with one attached hydrogen (secondary N) is 1. The van der Waals surface area contributed by atoms with Gasteiger partial charge in [0.05, 0.1) is 9.82 Å². The van der Waals surface area contributed by atoms with Gasteiger partial charge in [-0.25, -0.2) is 13.1 Å². The monoisotopic (exact) mass is 406 g/mol. The molecule has 1 atom stereocenters. The third-order valence-electron chi connectivity index (χ3n) is 4.56. The fraction of sp³-hybridized carbons (Fsp3) is 0.368. The van der Waals surface area contributed by atoms with Crippen molar-refractivity contribution < 1.29 is 22.8 Å². The Labute approximate surface area is 163 Å². The molecule has 0 spiro atoms. The Morgan fingerprint density at radius 2 is 1.75 bits per heavy atom. The topological polar surface area (TPSA) is 108 Å². The van der Waals surface area contributed by atoms with Crippen molar-refractivity contribution in [1.29, 1.82) is 0 Å². The van der Waals surface area contributed by atoms with Gasteiger partial charge in [0.15, 0.2) is 11.5 Å². The summed E-state index contributed by atoms with van der Waals surface area (Å²) in [5.74, 6) is 1.12. The molecule has 0 unspecified atom stereocenters. The number of sulfonamides is 1. The van der Waals surface area contributed by atoms with Crippen molar-refractivity contribution in [1.82, 2.24) is 4.72 Å². The van der Waals surface area contributed by atoms with Crippen molar-refractivity contribution in [3.8, 4) is 11.5 Å². The van der Waals surface area contributed by atoms with Gasteiger partial charge in [0.1, 0.15) is 13.2 Å². The number of nitro groups is 1. The van der Waals surface area contributed by atoms with Crippen LogP contribution < -0.4 is 14.2 Å². The minimum absolute atomic E-state index is 0.0715. The molecule has 0 bridgehead atoms. The molecule has 1 N–H and O–H groups in total. The van der Waals surface area contributed by atoms with Crippen LogP contribution in [0.2, 0.25) is 0 Å². The van der Waals surface area contributed by atoms with E-state index in [-0.39, 0.29) is 16.5 Å². The van der Waals surface area contributed by atoms with E-state index in [1.54, 1.807) is 25.1 Å². The summed E-state index contributed by atoms with van der Waals surface area (Å²) in [6.07, 6.45) is 0. The highest BCUT2D eigenvalue weighted by Crippen LogP contribution is 2.35. The molecule has 2 aromatic carbocycles. The van der Waals surface area contributed by atoms with Gasteiger partial charge in [-0.2, -0.15) is 0 Å². The Balaban J connectivity index is 1.94. The van der Waals surface area contributed by atoms with E-state index < -0.39 is 21.0 Å². The average molecular weight is 406 g/mol. The fourth-order valence-electron chi connectivity index (χ4n) is 3.03. The molecule has 0 amide bonds. The Kier molecular flexibility index (Phi) is 5.57. The third kappa shape index (κ3) is 4.10. The zero-order valence-electron chi connectivity index (χ0n) is 15.8. The van der Waals surface area contributed by atoms with Crippen LogP contribution in [0.5, 0.6) is 11.5 Å². The summed E-state index contributed by atoms with van der Waals surface area (Å²) in [6.45, 7) is 6.25. The van der Waals surface area contributed by atoms with E-state index in [2.05, 4.69) is 4.72 Å². The van der Waals surface area contributed by atoms with Crippen LogP contribution in [0, 0.1) is 23.0 Å². The number of rotatable bonds is 6. The predicted octanol–water partition coefficient (Wildman–Crippen LogP) is 3.35. The second-order valence-electron chi connectivity index (χ2n) is 6.95. The molecule has 0 fully saturated rings. The number of benzene rings is 2. The number of nitro benzene ring substituents is 1. The first-order valence-electron chi connectivity index (χ1n) is 8.86.